The van der Waals surface area contributed by atoms with Gasteiger partial charge < -0.3 is 19.6 Å². The molecular weight excluding hydrogens is 398 g/mol. The van der Waals surface area contributed by atoms with Gasteiger partial charge in [0.15, 0.2) is 8.32 Å². The average Bonchev–Trinajstić information content (AvgIpc) is 2.63. The fourth-order valence-corrected chi connectivity index (χ4v) is 5.63. The molecule has 7 heteroatoms. The van der Waals surface area contributed by atoms with Gasteiger partial charge >= 0.3 is 12.1 Å². The summed E-state index contributed by atoms with van der Waals surface area (Å²) in [7, 11) is -2.27. The Morgan fingerprint density at radius 1 is 1.17 bits per heavy atom. The summed E-state index contributed by atoms with van der Waals surface area (Å²) < 4.78 is 11.9. The maximum atomic E-state index is 12.5. The molecule has 0 aromatic heterocycles. The number of amides is 1. The second kappa shape index (κ2) is 11.5. The molecule has 170 valence electrons. The molecule has 1 aromatic carbocycles. The second-order valence-corrected chi connectivity index (χ2v) is 14.0. The van der Waals surface area contributed by atoms with E-state index < -0.39 is 32.5 Å². The Kier molecular flexibility index (Phi) is 10.0. The van der Waals surface area contributed by atoms with E-state index in [4.69, 9.17) is 9.16 Å². The van der Waals surface area contributed by atoms with E-state index in [0.717, 1.165) is 18.4 Å². The number of rotatable bonds is 12. The summed E-state index contributed by atoms with van der Waals surface area (Å²) in [5, 5.41) is 12.3. The summed E-state index contributed by atoms with van der Waals surface area (Å²) in [5.41, 5.74) is 0.891. The molecular formula is C23H39NO5Si. The summed E-state index contributed by atoms with van der Waals surface area (Å²) in [6.45, 7) is 14.8. The first-order valence-corrected chi connectivity index (χ1v) is 13.7. The second-order valence-electron chi connectivity index (χ2n) is 9.37. The summed E-state index contributed by atoms with van der Waals surface area (Å²) in [5.74, 6) is -0.957. The smallest absolute Gasteiger partial charge is 0.407 e. The van der Waals surface area contributed by atoms with Gasteiger partial charge in [0.1, 0.15) is 6.61 Å². The van der Waals surface area contributed by atoms with E-state index >= 15 is 0 Å². The molecule has 0 heterocycles. The third-order valence-corrected chi connectivity index (χ3v) is 10.3. The van der Waals surface area contributed by atoms with Crippen molar-refractivity contribution in [3.8, 4) is 0 Å². The van der Waals surface area contributed by atoms with Crippen LogP contribution in [0, 0.1) is 5.92 Å². The van der Waals surface area contributed by atoms with Crippen molar-refractivity contribution in [2.24, 2.45) is 5.92 Å². The molecule has 0 spiro atoms. The number of carboxylic acid groups (broad SMARTS) is 1. The van der Waals surface area contributed by atoms with Crippen molar-refractivity contribution in [1.82, 2.24) is 5.32 Å². The van der Waals surface area contributed by atoms with Crippen molar-refractivity contribution < 1.29 is 23.9 Å². The van der Waals surface area contributed by atoms with Crippen LogP contribution in [0.5, 0.6) is 0 Å². The number of carbonyl (C=O) groups excluding carboxylic acids is 1. The third kappa shape index (κ3) is 8.11. The van der Waals surface area contributed by atoms with Crippen LogP contribution in [-0.4, -0.2) is 37.6 Å². The van der Waals surface area contributed by atoms with Crippen LogP contribution in [0.15, 0.2) is 30.3 Å². The van der Waals surface area contributed by atoms with Gasteiger partial charge in [-0.1, -0.05) is 71.4 Å². The van der Waals surface area contributed by atoms with E-state index in [-0.39, 0.29) is 24.0 Å². The average molecular weight is 438 g/mol. The highest BCUT2D eigenvalue weighted by molar-refractivity contribution is 6.74. The zero-order chi connectivity index (χ0) is 22.9. The van der Waals surface area contributed by atoms with Crippen molar-refractivity contribution in [3.05, 3.63) is 35.9 Å². The summed E-state index contributed by atoms with van der Waals surface area (Å²) in [4.78, 5) is 24.0. The van der Waals surface area contributed by atoms with Crippen LogP contribution in [0.1, 0.15) is 59.4 Å². The lowest BCUT2D eigenvalue weighted by Crippen LogP contribution is -2.54. The largest absolute Gasteiger partial charge is 0.481 e. The SMILES string of the molecule is CCCC(C)(C)[Si](C)(C)OC(CC(=O)O)[C@@H](NC(=O)OCc1ccccc1)C(C)C. The Hall–Kier alpha value is -1.86. The van der Waals surface area contributed by atoms with Crippen LogP contribution in [0.3, 0.4) is 0 Å². The molecule has 0 saturated carbocycles. The van der Waals surface area contributed by atoms with E-state index in [1.54, 1.807) is 0 Å². The molecule has 0 fully saturated rings. The molecule has 0 aliphatic heterocycles. The summed E-state index contributed by atoms with van der Waals surface area (Å²) >= 11 is 0. The molecule has 2 N–H and O–H groups in total. The number of hydrogen-bond donors (Lipinski definition) is 2. The number of benzene rings is 1. The van der Waals surface area contributed by atoms with Gasteiger partial charge in [0.05, 0.1) is 18.6 Å². The van der Waals surface area contributed by atoms with Crippen LogP contribution in [0.2, 0.25) is 18.1 Å². The van der Waals surface area contributed by atoms with E-state index in [1.165, 1.54) is 0 Å². The number of carboxylic acids is 1. The summed E-state index contributed by atoms with van der Waals surface area (Å²) in [6.07, 6.45) is 0.688. The van der Waals surface area contributed by atoms with Crippen LogP contribution in [-0.2, 0) is 20.6 Å². The highest BCUT2D eigenvalue weighted by atomic mass is 28.4. The van der Waals surface area contributed by atoms with Crippen molar-refractivity contribution >= 4 is 20.4 Å². The fraction of sp³-hybridized carbons (Fsp3) is 0.652. The molecule has 1 rings (SSSR count). The van der Waals surface area contributed by atoms with Gasteiger partial charge in [0, 0.05) is 0 Å². The third-order valence-electron chi connectivity index (χ3n) is 5.94. The number of carbonyl (C=O) groups is 2. The van der Waals surface area contributed by atoms with Crippen LogP contribution in [0.4, 0.5) is 4.79 Å². The predicted molar refractivity (Wildman–Crippen MR) is 122 cm³/mol. The zero-order valence-electron chi connectivity index (χ0n) is 19.5. The highest BCUT2D eigenvalue weighted by Crippen LogP contribution is 2.43. The van der Waals surface area contributed by atoms with E-state index in [1.807, 2.05) is 44.2 Å². The van der Waals surface area contributed by atoms with E-state index in [2.05, 4.69) is 39.2 Å². The number of nitrogens with one attached hydrogen (secondary N) is 1. The van der Waals surface area contributed by atoms with Crippen molar-refractivity contribution in [2.75, 3.05) is 0 Å². The quantitative estimate of drug-likeness (QED) is 0.417. The normalized spacial score (nSPS) is 14.3. The number of hydrogen-bond acceptors (Lipinski definition) is 4. The number of aliphatic carboxylic acids is 1. The molecule has 30 heavy (non-hydrogen) atoms. The van der Waals surface area contributed by atoms with Gasteiger partial charge in [-0.15, -0.1) is 0 Å². The lowest BCUT2D eigenvalue weighted by Gasteiger charge is -2.43. The first-order valence-electron chi connectivity index (χ1n) is 10.8. The van der Waals surface area contributed by atoms with Gasteiger partial charge in [-0.25, -0.2) is 4.79 Å². The monoisotopic (exact) mass is 437 g/mol. The van der Waals surface area contributed by atoms with Crippen molar-refractivity contribution in [1.29, 1.82) is 0 Å². The van der Waals surface area contributed by atoms with Gasteiger partial charge in [0.25, 0.3) is 0 Å². The highest BCUT2D eigenvalue weighted by Gasteiger charge is 2.44. The predicted octanol–water partition coefficient (Wildman–Crippen LogP) is 5.58. The van der Waals surface area contributed by atoms with Crippen LogP contribution >= 0.6 is 0 Å². The van der Waals surface area contributed by atoms with Crippen molar-refractivity contribution in [2.45, 2.75) is 90.8 Å². The molecule has 0 aliphatic rings. The maximum Gasteiger partial charge on any atom is 0.407 e. The molecule has 0 aliphatic carbocycles. The molecule has 1 amide bonds. The molecule has 2 atom stereocenters. The van der Waals surface area contributed by atoms with Gasteiger partial charge in [-0.2, -0.15) is 0 Å². The van der Waals surface area contributed by atoms with Gasteiger partial charge in [-0.3, -0.25) is 4.79 Å². The van der Waals surface area contributed by atoms with Crippen LogP contribution in [0.25, 0.3) is 0 Å². The zero-order valence-corrected chi connectivity index (χ0v) is 20.5. The van der Waals surface area contributed by atoms with Gasteiger partial charge in [0.2, 0.25) is 0 Å². The molecule has 1 aromatic rings. The minimum atomic E-state index is -2.27. The lowest BCUT2D eigenvalue weighted by molar-refractivity contribution is -0.139. The Balaban J connectivity index is 2.94. The fourth-order valence-electron chi connectivity index (χ4n) is 3.47. The van der Waals surface area contributed by atoms with E-state index in [0.29, 0.717) is 0 Å². The maximum absolute atomic E-state index is 12.5. The van der Waals surface area contributed by atoms with Crippen molar-refractivity contribution in [3.63, 3.8) is 0 Å². The first kappa shape index (κ1) is 26.2. The Morgan fingerprint density at radius 2 is 1.77 bits per heavy atom. The Morgan fingerprint density at radius 3 is 2.27 bits per heavy atom. The summed E-state index contributed by atoms with van der Waals surface area (Å²) in [6, 6.07) is 8.97. The Bertz CT molecular complexity index is 675. The minimum Gasteiger partial charge on any atom is -0.481 e. The van der Waals surface area contributed by atoms with E-state index in [9.17, 15) is 14.7 Å². The van der Waals surface area contributed by atoms with Crippen LogP contribution < -0.4 is 5.32 Å². The Labute approximate surface area is 182 Å². The van der Waals surface area contributed by atoms with Gasteiger partial charge in [-0.05, 0) is 36.0 Å². The lowest BCUT2D eigenvalue weighted by atomic mass is 9.96. The molecule has 6 nitrogen and oxygen atoms in total. The molecule has 1 unspecified atom stereocenters. The molecule has 0 bridgehead atoms. The number of ether oxygens (including phenoxy) is 1. The topological polar surface area (TPSA) is 84.9 Å². The molecule has 0 saturated heterocycles. The first-order chi connectivity index (χ1) is 13.9. The molecule has 0 radical (unpaired) electrons. The minimum absolute atomic E-state index is 0.0160. The number of alkyl carbamates (subject to hydrolysis) is 1. The standard InChI is InChI=1S/C23H39NO5Si/c1-8-14-23(4,5)30(6,7)29-19(15-20(25)26)21(17(2)3)24-22(27)28-16-18-12-10-9-11-13-18/h9-13,17,19,21H,8,14-16H2,1-7H3,(H,24,27)(H,25,26)/t19?,21-/m0/s1.